The van der Waals surface area contributed by atoms with Crippen molar-refractivity contribution in [2.75, 3.05) is 13.7 Å². The summed E-state index contributed by atoms with van der Waals surface area (Å²) in [5.41, 5.74) is 1.78. The molecule has 0 N–H and O–H groups in total. The molecule has 7 heteroatoms. The van der Waals surface area contributed by atoms with E-state index in [9.17, 15) is 0 Å². The van der Waals surface area contributed by atoms with E-state index in [0.717, 1.165) is 27.4 Å². The Labute approximate surface area is 133 Å². The summed E-state index contributed by atoms with van der Waals surface area (Å²) in [6.07, 6.45) is 1.52. The van der Waals surface area contributed by atoms with Gasteiger partial charge in [0.25, 0.3) is 0 Å². The number of aromatic nitrogens is 3. The number of hydrogen-bond donors (Lipinski definition) is 0. The van der Waals surface area contributed by atoms with Crippen molar-refractivity contribution in [3.63, 3.8) is 0 Å². The van der Waals surface area contributed by atoms with Gasteiger partial charge in [-0.05, 0) is 34.7 Å². The van der Waals surface area contributed by atoms with E-state index in [0.29, 0.717) is 12.6 Å². The molecule has 5 nitrogen and oxygen atoms in total. The van der Waals surface area contributed by atoms with Gasteiger partial charge in [-0.1, -0.05) is 19.6 Å². The Hall–Kier alpha value is -0.673. The average Bonchev–Trinajstić information content (AvgIpc) is 2.69. The number of methoxy groups -OCH3 is 1. The Morgan fingerprint density at radius 1 is 1.30 bits per heavy atom. The highest BCUT2D eigenvalue weighted by molar-refractivity contribution is 14.1. The maximum Gasteiger partial charge on any atom is 0.241 e. The molecule has 0 fully saturated rings. The van der Waals surface area contributed by atoms with E-state index < -0.39 is 8.07 Å². The number of ether oxygens (including phenoxy) is 2. The third-order valence-corrected chi connectivity index (χ3v) is 5.61. The lowest BCUT2D eigenvalue weighted by molar-refractivity contribution is 0.0883. The predicted octanol–water partition coefficient (Wildman–Crippen LogP) is 3.36. The molecule has 0 unspecified atom stereocenters. The molecule has 0 aliphatic carbocycles. The van der Waals surface area contributed by atoms with Crippen molar-refractivity contribution in [2.45, 2.75) is 32.4 Å². The van der Waals surface area contributed by atoms with E-state index in [2.05, 4.69) is 56.8 Å². The molecule has 0 aromatic carbocycles. The summed E-state index contributed by atoms with van der Waals surface area (Å²) < 4.78 is 14.3. The lowest BCUT2D eigenvalue weighted by Gasteiger charge is -2.16. The molecule has 0 aliphatic rings. The van der Waals surface area contributed by atoms with E-state index in [1.807, 2.05) is 6.07 Å². The summed E-state index contributed by atoms with van der Waals surface area (Å²) in [4.78, 5) is 8.43. The summed E-state index contributed by atoms with van der Waals surface area (Å²) in [5, 5.41) is 0. The van der Waals surface area contributed by atoms with Crippen molar-refractivity contribution in [3.05, 3.63) is 16.1 Å². The second kappa shape index (κ2) is 6.40. The lowest BCUT2D eigenvalue weighted by atomic mass is 10.4. The van der Waals surface area contributed by atoms with Crippen LogP contribution in [0.25, 0.3) is 11.0 Å². The monoisotopic (exact) mass is 405 g/mol. The van der Waals surface area contributed by atoms with Gasteiger partial charge in [0.15, 0.2) is 0 Å². The van der Waals surface area contributed by atoms with E-state index in [1.165, 1.54) is 6.33 Å². The van der Waals surface area contributed by atoms with Gasteiger partial charge in [0.2, 0.25) is 5.88 Å². The Kier molecular flexibility index (Phi) is 5.03. The molecule has 0 aliphatic heterocycles. The summed E-state index contributed by atoms with van der Waals surface area (Å²) in [6, 6.07) is 3.18. The Balaban J connectivity index is 2.15. The molecule has 2 rings (SSSR count). The van der Waals surface area contributed by atoms with Crippen LogP contribution in [0.1, 0.15) is 0 Å². The highest BCUT2D eigenvalue weighted by Crippen LogP contribution is 2.26. The maximum absolute atomic E-state index is 5.82. The maximum atomic E-state index is 5.82. The molecule has 0 amide bonds. The minimum absolute atomic E-state index is 0.510. The summed E-state index contributed by atoms with van der Waals surface area (Å²) in [7, 11) is 0.573. The van der Waals surface area contributed by atoms with Crippen molar-refractivity contribution in [1.29, 1.82) is 0 Å². The van der Waals surface area contributed by atoms with Crippen LogP contribution in [0, 0.1) is 3.70 Å². The van der Waals surface area contributed by atoms with Gasteiger partial charge in [0.1, 0.15) is 18.6 Å². The third kappa shape index (κ3) is 3.70. The van der Waals surface area contributed by atoms with Gasteiger partial charge in [0.05, 0.1) is 16.3 Å². The Bertz CT molecular complexity index is 595. The molecule has 0 radical (unpaired) electrons. The van der Waals surface area contributed by atoms with Crippen LogP contribution in [0.15, 0.2) is 12.4 Å². The van der Waals surface area contributed by atoms with Crippen LogP contribution in [0.5, 0.6) is 5.88 Å². The minimum Gasteiger partial charge on any atom is -0.479 e. The first-order valence-corrected chi connectivity index (χ1v) is 11.3. The fourth-order valence-corrected chi connectivity index (χ4v) is 3.27. The quantitative estimate of drug-likeness (QED) is 0.420. The van der Waals surface area contributed by atoms with E-state index in [4.69, 9.17) is 9.47 Å². The second-order valence-corrected chi connectivity index (χ2v) is 12.6. The molecule has 0 saturated carbocycles. The highest BCUT2D eigenvalue weighted by atomic mass is 127. The number of rotatable bonds is 6. The molecule has 2 aromatic rings. The first-order chi connectivity index (χ1) is 9.42. The smallest absolute Gasteiger partial charge is 0.241 e. The van der Waals surface area contributed by atoms with Gasteiger partial charge in [-0.2, -0.15) is 4.98 Å². The van der Waals surface area contributed by atoms with Crippen LogP contribution in [0.3, 0.4) is 0 Å². The van der Waals surface area contributed by atoms with Gasteiger partial charge in [-0.25, -0.2) is 4.98 Å². The number of nitrogens with zero attached hydrogens (tertiary/aromatic N) is 3. The standard InChI is InChI=1S/C13H20IN3O2Si/c1-18-13-12-10(15-8-16-13)7-11(14)17(12)9-19-5-6-20(2,3)4/h7-8H,5-6,9H2,1-4H3. The molecule has 110 valence electrons. The van der Waals surface area contributed by atoms with Crippen LogP contribution >= 0.6 is 22.6 Å². The van der Waals surface area contributed by atoms with Crippen LogP contribution in [0.4, 0.5) is 0 Å². The normalized spacial score (nSPS) is 12.1. The fraction of sp³-hybridized carbons (Fsp3) is 0.538. The van der Waals surface area contributed by atoms with Gasteiger partial charge in [-0.15, -0.1) is 0 Å². The molecular formula is C13H20IN3O2Si. The molecule has 0 bridgehead atoms. The highest BCUT2D eigenvalue weighted by Gasteiger charge is 2.15. The zero-order chi connectivity index (χ0) is 14.8. The summed E-state index contributed by atoms with van der Waals surface area (Å²) in [5.74, 6) is 0.590. The van der Waals surface area contributed by atoms with Crippen LogP contribution < -0.4 is 4.74 Å². The Morgan fingerprint density at radius 3 is 2.70 bits per heavy atom. The van der Waals surface area contributed by atoms with Gasteiger partial charge in [-0.3, -0.25) is 0 Å². The third-order valence-electron chi connectivity index (χ3n) is 3.01. The molecule has 0 atom stereocenters. The van der Waals surface area contributed by atoms with E-state index in [-0.39, 0.29) is 0 Å². The van der Waals surface area contributed by atoms with Crippen molar-refractivity contribution in [3.8, 4) is 5.88 Å². The van der Waals surface area contributed by atoms with Crippen molar-refractivity contribution in [2.24, 2.45) is 0 Å². The minimum atomic E-state index is -1.05. The molecule has 2 heterocycles. The first kappa shape index (κ1) is 15.7. The van der Waals surface area contributed by atoms with Crippen molar-refractivity contribution >= 4 is 41.7 Å². The summed E-state index contributed by atoms with van der Waals surface area (Å²) in [6.45, 7) is 8.35. The number of halogens is 1. The zero-order valence-corrected chi connectivity index (χ0v) is 15.5. The van der Waals surface area contributed by atoms with Crippen LogP contribution in [0.2, 0.25) is 25.7 Å². The largest absolute Gasteiger partial charge is 0.479 e. The van der Waals surface area contributed by atoms with Crippen LogP contribution in [-0.2, 0) is 11.5 Å². The van der Waals surface area contributed by atoms with E-state index in [1.54, 1.807) is 7.11 Å². The van der Waals surface area contributed by atoms with Crippen molar-refractivity contribution < 1.29 is 9.47 Å². The van der Waals surface area contributed by atoms with Crippen molar-refractivity contribution in [1.82, 2.24) is 14.5 Å². The Morgan fingerprint density at radius 2 is 2.05 bits per heavy atom. The second-order valence-electron chi connectivity index (χ2n) is 5.86. The lowest BCUT2D eigenvalue weighted by Crippen LogP contribution is -2.22. The molecule has 20 heavy (non-hydrogen) atoms. The molecular weight excluding hydrogens is 385 g/mol. The van der Waals surface area contributed by atoms with Gasteiger partial charge >= 0.3 is 0 Å². The topological polar surface area (TPSA) is 49.2 Å². The summed E-state index contributed by atoms with van der Waals surface area (Å²) >= 11 is 2.28. The number of hydrogen-bond acceptors (Lipinski definition) is 4. The predicted molar refractivity (Wildman–Crippen MR) is 90.9 cm³/mol. The van der Waals surface area contributed by atoms with Gasteiger partial charge in [0, 0.05) is 14.7 Å². The zero-order valence-electron chi connectivity index (χ0n) is 12.3. The fourth-order valence-electron chi connectivity index (χ4n) is 1.84. The molecule has 0 spiro atoms. The molecule has 0 saturated heterocycles. The first-order valence-electron chi connectivity index (χ1n) is 6.54. The average molecular weight is 405 g/mol. The van der Waals surface area contributed by atoms with Crippen LogP contribution in [-0.4, -0.2) is 36.3 Å². The van der Waals surface area contributed by atoms with Gasteiger partial charge < -0.3 is 14.0 Å². The molecule has 2 aromatic heterocycles. The number of fused-ring (bicyclic) bond motifs is 1. The SMILES string of the molecule is COc1ncnc2cc(I)n(COCC[Si](C)(C)C)c12. The van der Waals surface area contributed by atoms with E-state index >= 15 is 0 Å².